The van der Waals surface area contributed by atoms with Gasteiger partial charge in [0.1, 0.15) is 46.7 Å². The molecule has 0 radical (unpaired) electrons. The third-order valence-corrected chi connectivity index (χ3v) is 7.46. The number of aliphatic carboxylic acids is 1. The van der Waals surface area contributed by atoms with Gasteiger partial charge in [-0.25, -0.2) is 9.59 Å². The van der Waals surface area contributed by atoms with Gasteiger partial charge in [0.05, 0.1) is 0 Å². The molecule has 0 aromatic heterocycles. The summed E-state index contributed by atoms with van der Waals surface area (Å²) in [6.07, 6.45) is -0.868. The molecule has 0 aliphatic carbocycles. The molecule has 1 saturated heterocycles. The van der Waals surface area contributed by atoms with E-state index in [0.717, 1.165) is 0 Å². The maximum atomic E-state index is 12.9. The van der Waals surface area contributed by atoms with Crippen LogP contribution < -0.4 is 21.3 Å². The molecule has 1 heterocycles. The van der Waals surface area contributed by atoms with Crippen LogP contribution in [0.3, 0.4) is 0 Å². The number of aromatic hydroxyl groups is 4. The zero-order valence-electron chi connectivity index (χ0n) is 28.2. The Labute approximate surface area is 305 Å². The van der Waals surface area contributed by atoms with E-state index in [1.165, 1.54) is 72.8 Å². The minimum Gasteiger partial charge on any atom is -0.508 e. The van der Waals surface area contributed by atoms with Crippen LogP contribution in [0.25, 0.3) is 0 Å². The number of phenols is 4. The standard InChI is InChI=1S/C21H24N2O7.C16H14N2O4.CH4/c1-21(2,3)30-20(29)23-16(12-4-8-14(24)9-5-12)18(26)22-17(19(27)28)13-6-10-15(25)11-7-13;19-11-5-1-9(2-6-11)13-15(21)18-14(16(22)17-13)10-3-7-12(20)8-4-10;/h4-11,16-17,24-25H,1-3H3,(H,22,26)(H,23,29)(H,27,28);1-8,13-14,19-20H,(H,17,22)(H,18,21);1H4. The van der Waals surface area contributed by atoms with Gasteiger partial charge in [0.25, 0.3) is 0 Å². The lowest BCUT2D eigenvalue weighted by atomic mass is 9.98. The summed E-state index contributed by atoms with van der Waals surface area (Å²) < 4.78 is 5.19. The zero-order valence-corrected chi connectivity index (χ0v) is 28.2. The zero-order chi connectivity index (χ0) is 38.2. The second kappa shape index (κ2) is 17.4. The van der Waals surface area contributed by atoms with E-state index in [-0.39, 0.29) is 47.8 Å². The highest BCUT2D eigenvalue weighted by Gasteiger charge is 2.35. The minimum atomic E-state index is -1.42. The molecular weight excluding hydrogens is 688 g/mol. The maximum absolute atomic E-state index is 12.9. The summed E-state index contributed by atoms with van der Waals surface area (Å²) in [5, 5.41) is 57.1. The van der Waals surface area contributed by atoms with E-state index in [9.17, 15) is 49.5 Å². The van der Waals surface area contributed by atoms with Crippen LogP contribution in [0.2, 0.25) is 0 Å². The summed E-state index contributed by atoms with van der Waals surface area (Å²) in [4.78, 5) is 61.4. The lowest BCUT2D eigenvalue weighted by molar-refractivity contribution is -0.142. The molecule has 4 unspecified atom stereocenters. The summed E-state index contributed by atoms with van der Waals surface area (Å²) in [6, 6.07) is 18.7. The predicted molar refractivity (Wildman–Crippen MR) is 192 cm³/mol. The van der Waals surface area contributed by atoms with Crippen molar-refractivity contribution in [3.63, 3.8) is 0 Å². The number of alkyl carbamates (subject to hydrolysis) is 1. The number of hydrogen-bond acceptors (Lipinski definition) is 10. The van der Waals surface area contributed by atoms with Gasteiger partial charge in [0.2, 0.25) is 17.7 Å². The Morgan fingerprint density at radius 3 is 1.28 bits per heavy atom. The van der Waals surface area contributed by atoms with Crippen molar-refractivity contribution in [1.82, 2.24) is 21.3 Å². The quantitative estimate of drug-likeness (QED) is 0.123. The van der Waals surface area contributed by atoms with Crippen LogP contribution in [-0.2, 0) is 23.9 Å². The third kappa shape index (κ3) is 11.4. The SMILES string of the molecule is C.CC(C)(C)OC(=O)NC(C(=O)NC(C(=O)O)c1ccc(O)cc1)c1ccc(O)cc1.O=C1NC(c2ccc(O)cc2)C(=O)NC1c1ccc(O)cc1. The summed E-state index contributed by atoms with van der Waals surface area (Å²) in [5.74, 6) is -2.69. The number of carbonyl (C=O) groups is 5. The molecule has 0 saturated carbocycles. The molecule has 0 spiro atoms. The second-order valence-corrected chi connectivity index (χ2v) is 12.6. The Bertz CT molecular complexity index is 1830. The normalized spacial score (nSPS) is 16.1. The first-order chi connectivity index (χ1) is 24.5. The molecule has 1 aliphatic rings. The van der Waals surface area contributed by atoms with Crippen LogP contribution in [0.15, 0.2) is 97.1 Å². The molecule has 4 aromatic rings. The number of hydrogen-bond donors (Lipinski definition) is 9. The van der Waals surface area contributed by atoms with Gasteiger partial charge in [0.15, 0.2) is 6.04 Å². The topological polar surface area (TPSA) is 244 Å². The smallest absolute Gasteiger partial charge is 0.408 e. The van der Waals surface area contributed by atoms with Gasteiger partial charge in [0, 0.05) is 0 Å². The van der Waals surface area contributed by atoms with E-state index in [1.54, 1.807) is 45.0 Å². The highest BCUT2D eigenvalue weighted by atomic mass is 16.6. The lowest BCUT2D eigenvalue weighted by Gasteiger charge is -2.30. The fourth-order valence-corrected chi connectivity index (χ4v) is 4.96. The first kappa shape index (κ1) is 40.7. The van der Waals surface area contributed by atoms with E-state index in [4.69, 9.17) is 4.74 Å². The Morgan fingerprint density at radius 2 is 0.943 bits per heavy atom. The molecule has 0 bridgehead atoms. The molecule has 4 atom stereocenters. The van der Waals surface area contributed by atoms with Crippen LogP contribution in [0.5, 0.6) is 23.0 Å². The molecule has 4 amide bonds. The van der Waals surface area contributed by atoms with Crippen molar-refractivity contribution in [1.29, 1.82) is 0 Å². The molecule has 1 aliphatic heterocycles. The van der Waals surface area contributed by atoms with Crippen LogP contribution in [0.1, 0.15) is 74.6 Å². The van der Waals surface area contributed by atoms with Gasteiger partial charge < -0.3 is 51.5 Å². The number of benzene rings is 4. The largest absolute Gasteiger partial charge is 0.508 e. The van der Waals surface area contributed by atoms with Gasteiger partial charge in [-0.3, -0.25) is 14.4 Å². The second-order valence-electron chi connectivity index (χ2n) is 12.6. The number of ether oxygens (including phenoxy) is 1. The van der Waals surface area contributed by atoms with E-state index in [1.807, 2.05) is 0 Å². The number of rotatable bonds is 8. The number of carboxylic acid groups (broad SMARTS) is 1. The Morgan fingerprint density at radius 1 is 0.604 bits per heavy atom. The number of phenolic OH excluding ortho intramolecular Hbond substituents is 4. The van der Waals surface area contributed by atoms with Crippen LogP contribution in [0, 0.1) is 0 Å². The van der Waals surface area contributed by atoms with Gasteiger partial charge in [-0.15, -0.1) is 0 Å². The van der Waals surface area contributed by atoms with Crippen molar-refractivity contribution >= 4 is 29.8 Å². The van der Waals surface area contributed by atoms with Crippen LogP contribution >= 0.6 is 0 Å². The number of carboxylic acids is 1. The number of amides is 4. The molecule has 15 nitrogen and oxygen atoms in total. The highest BCUT2D eigenvalue weighted by Crippen LogP contribution is 2.26. The Kier molecular flexibility index (Phi) is 13.4. The fraction of sp³-hybridized carbons (Fsp3) is 0.237. The summed E-state index contributed by atoms with van der Waals surface area (Å²) in [7, 11) is 0. The molecule has 9 N–H and O–H groups in total. The highest BCUT2D eigenvalue weighted by molar-refractivity contribution is 5.98. The number of piperazine rings is 1. The first-order valence-corrected chi connectivity index (χ1v) is 15.8. The van der Waals surface area contributed by atoms with Crippen LogP contribution in [-0.4, -0.2) is 60.9 Å². The third-order valence-electron chi connectivity index (χ3n) is 7.46. The van der Waals surface area contributed by atoms with Crippen molar-refractivity contribution in [3.05, 3.63) is 119 Å². The number of nitrogens with one attached hydrogen (secondary N) is 4. The Hall–Kier alpha value is -6.77. The molecule has 4 aromatic carbocycles. The first-order valence-electron chi connectivity index (χ1n) is 15.8. The number of carbonyl (C=O) groups excluding carboxylic acids is 4. The van der Waals surface area contributed by atoms with Crippen molar-refractivity contribution in [2.24, 2.45) is 0 Å². The molecule has 280 valence electrons. The molecule has 15 heteroatoms. The fourth-order valence-electron chi connectivity index (χ4n) is 4.96. The molecular formula is C38H42N4O11. The lowest BCUT2D eigenvalue weighted by Crippen LogP contribution is -2.52. The average molecular weight is 731 g/mol. The van der Waals surface area contributed by atoms with E-state index >= 15 is 0 Å². The Balaban J connectivity index is 0.000000292. The van der Waals surface area contributed by atoms with Gasteiger partial charge in [-0.2, -0.15) is 0 Å². The summed E-state index contributed by atoms with van der Waals surface area (Å²) in [5.41, 5.74) is 0.914. The van der Waals surface area contributed by atoms with Crippen molar-refractivity contribution in [2.45, 2.75) is 58.0 Å². The summed E-state index contributed by atoms with van der Waals surface area (Å²) in [6.45, 7) is 4.98. The van der Waals surface area contributed by atoms with Gasteiger partial charge in [-0.1, -0.05) is 56.0 Å². The predicted octanol–water partition coefficient (Wildman–Crippen LogP) is 4.37. The van der Waals surface area contributed by atoms with Crippen molar-refractivity contribution in [3.8, 4) is 23.0 Å². The minimum absolute atomic E-state index is 0. The van der Waals surface area contributed by atoms with E-state index < -0.39 is 47.7 Å². The van der Waals surface area contributed by atoms with Crippen molar-refractivity contribution in [2.75, 3.05) is 0 Å². The van der Waals surface area contributed by atoms with Gasteiger partial charge >= 0.3 is 12.1 Å². The summed E-state index contributed by atoms with van der Waals surface area (Å²) >= 11 is 0. The van der Waals surface area contributed by atoms with Crippen LogP contribution in [0.4, 0.5) is 4.79 Å². The maximum Gasteiger partial charge on any atom is 0.408 e. The van der Waals surface area contributed by atoms with E-state index in [2.05, 4.69) is 21.3 Å². The molecule has 5 rings (SSSR count). The molecule has 53 heavy (non-hydrogen) atoms. The van der Waals surface area contributed by atoms with E-state index in [0.29, 0.717) is 16.7 Å². The average Bonchev–Trinajstić information content (AvgIpc) is 3.08. The monoisotopic (exact) mass is 730 g/mol. The van der Waals surface area contributed by atoms with Crippen molar-refractivity contribution < 1.29 is 54.2 Å². The molecule has 1 fully saturated rings. The van der Waals surface area contributed by atoms with Gasteiger partial charge in [-0.05, 0) is 91.6 Å².